The Morgan fingerprint density at radius 2 is 0.644 bits per heavy atom. The molecule has 0 aromatic rings. The van der Waals surface area contributed by atoms with E-state index in [1.165, 1.54) is 302 Å². The molecule has 3 N–H and O–H groups in total. The average molecular weight is 1030 g/mol. The zero-order valence-electron chi connectivity index (χ0n) is 49.6. The number of esters is 1. The quantitative estimate of drug-likeness (QED) is 0.0320. The van der Waals surface area contributed by atoms with Gasteiger partial charge in [-0.1, -0.05) is 328 Å². The topological polar surface area (TPSA) is 95.9 Å². The fourth-order valence-electron chi connectivity index (χ4n) is 10.7. The molecule has 1 amide bonds. The second-order valence-electron chi connectivity index (χ2n) is 23.2. The molecule has 0 spiro atoms. The number of ether oxygens (including phenoxy) is 1. The van der Waals surface area contributed by atoms with Crippen molar-refractivity contribution in [2.45, 2.75) is 392 Å². The highest BCUT2D eigenvalue weighted by Gasteiger charge is 2.20. The number of nitrogens with one attached hydrogen (secondary N) is 1. The normalized spacial score (nSPS) is 12.5. The maximum Gasteiger partial charge on any atom is 0.305 e. The summed E-state index contributed by atoms with van der Waals surface area (Å²) >= 11 is 0. The molecule has 0 aromatic heterocycles. The Morgan fingerprint density at radius 3 is 0.973 bits per heavy atom. The van der Waals surface area contributed by atoms with E-state index in [0.717, 1.165) is 44.9 Å². The van der Waals surface area contributed by atoms with Crippen LogP contribution < -0.4 is 5.32 Å². The molecule has 0 heterocycles. The molecule has 434 valence electrons. The summed E-state index contributed by atoms with van der Waals surface area (Å²) in [5.74, 6) is -0.0251. The molecular weight excluding hydrogens is 899 g/mol. The van der Waals surface area contributed by atoms with Crippen molar-refractivity contribution in [1.29, 1.82) is 0 Å². The molecule has 2 atom stereocenters. The molecule has 0 aliphatic rings. The van der Waals surface area contributed by atoms with Crippen LogP contribution in [0.1, 0.15) is 380 Å². The van der Waals surface area contributed by atoms with Gasteiger partial charge in [0.15, 0.2) is 0 Å². The standard InChI is InChI=1S/C67H131NO5/c1-3-5-7-9-11-13-15-17-19-20-21-26-29-32-35-39-43-47-51-55-59-65(70)64(63-69)68-66(71)60-56-52-48-44-40-36-33-30-27-24-22-23-25-28-31-34-38-42-46-50-54-58-62-73-67(72)61-57-53-49-45-41-37-18-16-14-12-10-8-6-4-2/h16,18,64-65,69-70H,3-15,17,19-63H2,1-2H3,(H,68,71)/b18-16-. The number of hydrogen-bond acceptors (Lipinski definition) is 5. The number of aliphatic hydroxyl groups is 2. The van der Waals surface area contributed by atoms with Crippen LogP contribution in [0.3, 0.4) is 0 Å². The molecular formula is C67H131NO5. The Labute approximate surface area is 457 Å². The Bertz CT molecular complexity index is 1100. The molecule has 6 nitrogen and oxygen atoms in total. The molecule has 0 bridgehead atoms. The number of carbonyl (C=O) groups excluding carboxylic acids is 2. The second-order valence-corrected chi connectivity index (χ2v) is 23.2. The van der Waals surface area contributed by atoms with E-state index in [9.17, 15) is 19.8 Å². The molecule has 0 radical (unpaired) electrons. The van der Waals surface area contributed by atoms with Gasteiger partial charge in [0, 0.05) is 12.8 Å². The number of carbonyl (C=O) groups is 2. The average Bonchev–Trinajstić information content (AvgIpc) is 3.39. The van der Waals surface area contributed by atoms with Gasteiger partial charge in [-0.3, -0.25) is 9.59 Å². The third-order valence-electron chi connectivity index (χ3n) is 15.8. The lowest BCUT2D eigenvalue weighted by Crippen LogP contribution is -2.45. The number of aliphatic hydroxyl groups excluding tert-OH is 2. The van der Waals surface area contributed by atoms with Crippen LogP contribution in [-0.4, -0.2) is 47.4 Å². The summed E-state index contributed by atoms with van der Waals surface area (Å²) in [5, 5.41) is 23.4. The molecule has 6 heteroatoms. The van der Waals surface area contributed by atoms with Gasteiger partial charge < -0.3 is 20.3 Å². The minimum atomic E-state index is -0.665. The Hall–Kier alpha value is -1.40. The zero-order valence-corrected chi connectivity index (χ0v) is 49.6. The maximum absolute atomic E-state index is 12.5. The van der Waals surface area contributed by atoms with Crippen molar-refractivity contribution in [2.75, 3.05) is 13.2 Å². The summed E-state index contributed by atoms with van der Waals surface area (Å²) in [6, 6.07) is -0.542. The van der Waals surface area contributed by atoms with Crippen LogP contribution >= 0.6 is 0 Å². The van der Waals surface area contributed by atoms with Gasteiger partial charge in [0.05, 0.1) is 25.4 Å². The maximum atomic E-state index is 12.5. The smallest absolute Gasteiger partial charge is 0.305 e. The Kier molecular flexibility index (Phi) is 61.9. The largest absolute Gasteiger partial charge is 0.466 e. The second kappa shape index (κ2) is 63.1. The minimum absolute atomic E-state index is 0.00577. The Balaban J connectivity index is 3.38. The first kappa shape index (κ1) is 71.6. The van der Waals surface area contributed by atoms with E-state index in [1.807, 2.05) is 0 Å². The van der Waals surface area contributed by atoms with Crippen molar-refractivity contribution in [1.82, 2.24) is 5.32 Å². The van der Waals surface area contributed by atoms with Gasteiger partial charge in [-0.05, 0) is 51.4 Å². The van der Waals surface area contributed by atoms with E-state index in [-0.39, 0.29) is 18.5 Å². The molecule has 0 saturated heterocycles. The van der Waals surface area contributed by atoms with Gasteiger partial charge >= 0.3 is 5.97 Å². The van der Waals surface area contributed by atoms with Crippen molar-refractivity contribution in [3.63, 3.8) is 0 Å². The molecule has 2 unspecified atom stereocenters. The Morgan fingerprint density at radius 1 is 0.370 bits per heavy atom. The van der Waals surface area contributed by atoms with Crippen molar-refractivity contribution in [2.24, 2.45) is 0 Å². The van der Waals surface area contributed by atoms with E-state index in [0.29, 0.717) is 25.9 Å². The molecule has 0 aliphatic carbocycles. The molecule has 73 heavy (non-hydrogen) atoms. The summed E-state index contributed by atoms with van der Waals surface area (Å²) in [6.45, 7) is 4.98. The van der Waals surface area contributed by atoms with Crippen LogP contribution in [0.15, 0.2) is 12.2 Å². The summed E-state index contributed by atoms with van der Waals surface area (Å²) in [4.78, 5) is 24.6. The van der Waals surface area contributed by atoms with Gasteiger partial charge in [0.25, 0.3) is 0 Å². The zero-order chi connectivity index (χ0) is 52.9. The van der Waals surface area contributed by atoms with E-state index >= 15 is 0 Å². The van der Waals surface area contributed by atoms with Gasteiger partial charge in [0.2, 0.25) is 5.91 Å². The number of unbranched alkanes of at least 4 members (excludes halogenated alkanes) is 50. The van der Waals surface area contributed by atoms with E-state index in [2.05, 4.69) is 31.3 Å². The lowest BCUT2D eigenvalue weighted by Gasteiger charge is -2.22. The summed E-state index contributed by atoms with van der Waals surface area (Å²) < 4.78 is 5.48. The highest BCUT2D eigenvalue weighted by Crippen LogP contribution is 2.19. The van der Waals surface area contributed by atoms with E-state index in [1.54, 1.807) is 0 Å². The predicted molar refractivity (Wildman–Crippen MR) is 320 cm³/mol. The lowest BCUT2D eigenvalue weighted by atomic mass is 10.0. The summed E-state index contributed by atoms with van der Waals surface area (Å²) in [5.41, 5.74) is 0. The molecule has 0 rings (SSSR count). The van der Waals surface area contributed by atoms with Crippen molar-refractivity contribution in [3.05, 3.63) is 12.2 Å². The predicted octanol–water partition coefficient (Wildman–Crippen LogP) is 21.2. The van der Waals surface area contributed by atoms with Crippen LogP contribution in [0.2, 0.25) is 0 Å². The molecule has 0 aliphatic heterocycles. The van der Waals surface area contributed by atoms with Crippen molar-refractivity contribution < 1.29 is 24.5 Å². The first-order chi connectivity index (χ1) is 36.0. The van der Waals surface area contributed by atoms with Crippen molar-refractivity contribution >= 4 is 11.9 Å². The molecule has 0 saturated carbocycles. The van der Waals surface area contributed by atoms with Crippen molar-refractivity contribution in [3.8, 4) is 0 Å². The van der Waals surface area contributed by atoms with Crippen LogP contribution in [0.5, 0.6) is 0 Å². The number of hydrogen-bond donors (Lipinski definition) is 3. The van der Waals surface area contributed by atoms with Gasteiger partial charge in [-0.2, -0.15) is 0 Å². The minimum Gasteiger partial charge on any atom is -0.466 e. The SMILES string of the molecule is CCCCCCC/C=C\CCCCCCCC(=O)OCCCCCCCCCCCCCCCCCCCCCCCCC(=O)NC(CO)C(O)CCCCCCCCCCCCCCCCCCCCCC. The fraction of sp³-hybridized carbons (Fsp3) is 0.940. The number of amides is 1. The summed E-state index contributed by atoms with van der Waals surface area (Å²) in [6.07, 6.45) is 76.6. The fourth-order valence-corrected chi connectivity index (χ4v) is 10.7. The third kappa shape index (κ3) is 59.7. The highest BCUT2D eigenvalue weighted by molar-refractivity contribution is 5.76. The molecule has 0 fully saturated rings. The lowest BCUT2D eigenvalue weighted by molar-refractivity contribution is -0.143. The third-order valence-corrected chi connectivity index (χ3v) is 15.8. The summed E-state index contributed by atoms with van der Waals surface area (Å²) in [7, 11) is 0. The van der Waals surface area contributed by atoms with Crippen LogP contribution in [0, 0.1) is 0 Å². The van der Waals surface area contributed by atoms with Gasteiger partial charge in [-0.15, -0.1) is 0 Å². The van der Waals surface area contributed by atoms with Crippen LogP contribution in [0.4, 0.5) is 0 Å². The van der Waals surface area contributed by atoms with Gasteiger partial charge in [-0.25, -0.2) is 0 Å². The first-order valence-corrected chi connectivity index (χ1v) is 33.4. The van der Waals surface area contributed by atoms with E-state index in [4.69, 9.17) is 4.74 Å². The monoisotopic (exact) mass is 1030 g/mol. The highest BCUT2D eigenvalue weighted by atomic mass is 16.5. The van der Waals surface area contributed by atoms with Gasteiger partial charge in [0.1, 0.15) is 0 Å². The van der Waals surface area contributed by atoms with E-state index < -0.39 is 12.1 Å². The van der Waals surface area contributed by atoms with Crippen LogP contribution in [-0.2, 0) is 14.3 Å². The van der Waals surface area contributed by atoms with Crippen LogP contribution in [0.25, 0.3) is 0 Å². The number of rotatable bonds is 63. The first-order valence-electron chi connectivity index (χ1n) is 33.4. The molecule has 0 aromatic carbocycles. The number of allylic oxidation sites excluding steroid dienone is 2.